The van der Waals surface area contributed by atoms with Gasteiger partial charge in [-0.05, 0) is 32.1 Å². The maximum absolute atomic E-state index is 12.7. The zero-order valence-electron chi connectivity index (χ0n) is 37.1. The number of allylic oxidation sites excluding steroid dienone is 6. The number of likely N-dealkylation sites (N-methyl/N-ethyl adjacent to an activating group) is 1. The number of carbonyl (C=O) groups excluding carboxylic acids is 3. The predicted molar refractivity (Wildman–Crippen MR) is 231 cm³/mol. The van der Waals surface area contributed by atoms with Crippen molar-refractivity contribution in [3.05, 3.63) is 36.5 Å². The summed E-state index contributed by atoms with van der Waals surface area (Å²) in [5, 5.41) is 11.6. The molecular weight excluding hydrogens is 703 g/mol. The number of esters is 2. The Morgan fingerprint density at radius 3 is 1.46 bits per heavy atom. The van der Waals surface area contributed by atoms with Crippen molar-refractivity contribution >= 4 is 17.9 Å². The average Bonchev–Trinajstić information content (AvgIpc) is 3.15. The summed E-state index contributed by atoms with van der Waals surface area (Å²) in [5.74, 6) is -1.74. The Bertz CT molecular complexity index is 1020. The van der Waals surface area contributed by atoms with E-state index in [2.05, 4.69) is 50.3 Å². The van der Waals surface area contributed by atoms with Crippen LogP contribution in [0.5, 0.6) is 0 Å². The van der Waals surface area contributed by atoms with E-state index in [0.29, 0.717) is 12.8 Å². The van der Waals surface area contributed by atoms with Crippen molar-refractivity contribution in [2.24, 2.45) is 0 Å². The second-order valence-electron chi connectivity index (χ2n) is 16.7. The third-order valence-electron chi connectivity index (χ3n) is 10.4. The van der Waals surface area contributed by atoms with Crippen LogP contribution in [0.3, 0.4) is 0 Å². The molecule has 326 valence electrons. The van der Waals surface area contributed by atoms with Gasteiger partial charge in [0, 0.05) is 19.3 Å². The van der Waals surface area contributed by atoms with Crippen LogP contribution in [0.2, 0.25) is 0 Å². The van der Waals surface area contributed by atoms with Crippen molar-refractivity contribution in [1.29, 1.82) is 0 Å². The summed E-state index contributed by atoms with van der Waals surface area (Å²) in [6.45, 7) is 4.54. The smallest absolute Gasteiger partial charge is 0.306 e. The molecule has 0 aromatic heterocycles. The van der Waals surface area contributed by atoms with Crippen molar-refractivity contribution in [3.63, 3.8) is 0 Å². The molecule has 0 fully saturated rings. The lowest BCUT2D eigenvalue weighted by Gasteiger charge is -2.34. The van der Waals surface area contributed by atoms with Crippen LogP contribution in [-0.2, 0) is 28.6 Å². The van der Waals surface area contributed by atoms with Gasteiger partial charge in [-0.3, -0.25) is 9.59 Å². The number of hydrogen-bond acceptors (Lipinski definition) is 7. The number of hydrogen-bond donors (Lipinski definition) is 0. The molecule has 2 unspecified atom stereocenters. The Morgan fingerprint density at radius 1 is 0.554 bits per heavy atom. The highest BCUT2D eigenvalue weighted by Gasteiger charge is 2.25. The van der Waals surface area contributed by atoms with E-state index in [1.165, 1.54) is 109 Å². The highest BCUT2D eigenvalue weighted by Crippen LogP contribution is 2.16. The average molecular weight is 790 g/mol. The van der Waals surface area contributed by atoms with Gasteiger partial charge in [0.15, 0.2) is 6.10 Å². The third-order valence-corrected chi connectivity index (χ3v) is 10.4. The monoisotopic (exact) mass is 790 g/mol. The fraction of sp³-hybridized carbons (Fsp3) is 0.812. The Hall–Kier alpha value is -2.45. The Balaban J connectivity index is 4.30. The minimum absolute atomic E-state index is 0.0381. The zero-order chi connectivity index (χ0) is 41.4. The fourth-order valence-electron chi connectivity index (χ4n) is 6.78. The molecule has 0 aliphatic rings. The van der Waals surface area contributed by atoms with E-state index in [0.717, 1.165) is 57.8 Å². The van der Waals surface area contributed by atoms with E-state index in [1.54, 1.807) is 21.1 Å². The van der Waals surface area contributed by atoms with Crippen molar-refractivity contribution in [2.75, 3.05) is 41.0 Å². The third kappa shape index (κ3) is 37.1. The molecule has 8 nitrogen and oxygen atoms in total. The highest BCUT2D eigenvalue weighted by atomic mass is 16.6. The fourth-order valence-corrected chi connectivity index (χ4v) is 6.78. The lowest BCUT2D eigenvalue weighted by Crippen LogP contribution is -2.55. The van der Waals surface area contributed by atoms with Gasteiger partial charge in [-0.1, -0.05) is 185 Å². The topological polar surface area (TPSA) is 102 Å². The van der Waals surface area contributed by atoms with E-state index in [9.17, 15) is 19.5 Å². The van der Waals surface area contributed by atoms with Crippen LogP contribution < -0.4 is 5.11 Å². The number of unbranched alkanes of at least 4 members (excludes halogenated alkanes) is 23. The quantitative estimate of drug-likeness (QED) is 0.0263. The first kappa shape index (κ1) is 53.6. The molecule has 2 atom stereocenters. The van der Waals surface area contributed by atoms with Crippen molar-refractivity contribution in [3.8, 4) is 0 Å². The highest BCUT2D eigenvalue weighted by molar-refractivity contribution is 5.70. The van der Waals surface area contributed by atoms with E-state index >= 15 is 0 Å². The van der Waals surface area contributed by atoms with Gasteiger partial charge < -0.3 is 28.6 Å². The number of aliphatic carboxylic acids is 1. The number of carboxylic acids is 1. The molecule has 0 aliphatic heterocycles. The SMILES string of the molecule is CC/C=C/C=C/C=C/CCCCCCCCCC(=O)OC(COCCC(C(=O)[O-])[N+](C)(C)C)COC(=O)CCCCCCCCCCCCCCCCCCC. The zero-order valence-corrected chi connectivity index (χ0v) is 37.1. The van der Waals surface area contributed by atoms with Gasteiger partial charge in [0.2, 0.25) is 0 Å². The number of carboxylic acid groups (broad SMARTS) is 1. The maximum Gasteiger partial charge on any atom is 0.306 e. The van der Waals surface area contributed by atoms with Gasteiger partial charge in [0.05, 0.1) is 40.3 Å². The molecular formula is C48H87NO7. The summed E-state index contributed by atoms with van der Waals surface area (Å²) in [6.07, 6.45) is 44.5. The molecule has 8 heteroatoms. The summed E-state index contributed by atoms with van der Waals surface area (Å²) in [4.78, 5) is 36.9. The minimum Gasteiger partial charge on any atom is -0.544 e. The number of carbonyl (C=O) groups is 3. The van der Waals surface area contributed by atoms with Crippen LogP contribution in [0.1, 0.15) is 200 Å². The summed E-state index contributed by atoms with van der Waals surface area (Å²) in [7, 11) is 5.41. The van der Waals surface area contributed by atoms with Crippen LogP contribution in [0.4, 0.5) is 0 Å². The molecule has 0 radical (unpaired) electrons. The summed E-state index contributed by atoms with van der Waals surface area (Å²) >= 11 is 0. The van der Waals surface area contributed by atoms with Gasteiger partial charge in [-0.25, -0.2) is 0 Å². The number of quaternary nitrogens is 1. The van der Waals surface area contributed by atoms with Crippen molar-refractivity contribution in [1.82, 2.24) is 0 Å². The number of ether oxygens (including phenoxy) is 3. The lowest BCUT2D eigenvalue weighted by atomic mass is 10.0. The normalized spacial score (nSPS) is 13.2. The van der Waals surface area contributed by atoms with E-state index in [4.69, 9.17) is 14.2 Å². The summed E-state index contributed by atoms with van der Waals surface area (Å²) in [5.41, 5.74) is 0. The van der Waals surface area contributed by atoms with Crippen LogP contribution in [0, 0.1) is 0 Å². The number of nitrogens with zero attached hydrogens (tertiary/aromatic N) is 1. The molecule has 0 saturated carbocycles. The minimum atomic E-state index is -1.13. The van der Waals surface area contributed by atoms with E-state index in [-0.39, 0.29) is 42.7 Å². The second kappa shape index (κ2) is 39.4. The number of rotatable bonds is 41. The maximum atomic E-state index is 12.7. The summed E-state index contributed by atoms with van der Waals surface area (Å²) in [6, 6.07) is -0.726. The van der Waals surface area contributed by atoms with Crippen molar-refractivity contribution in [2.45, 2.75) is 212 Å². The predicted octanol–water partition coefficient (Wildman–Crippen LogP) is 11.3. The molecule has 0 heterocycles. The molecule has 56 heavy (non-hydrogen) atoms. The van der Waals surface area contributed by atoms with Crippen LogP contribution >= 0.6 is 0 Å². The van der Waals surface area contributed by atoms with Gasteiger partial charge in [-0.15, -0.1) is 0 Å². The molecule has 0 aromatic carbocycles. The Labute approximate surface area is 344 Å². The van der Waals surface area contributed by atoms with Gasteiger partial charge in [0.25, 0.3) is 0 Å². The van der Waals surface area contributed by atoms with Gasteiger partial charge >= 0.3 is 11.9 Å². The second-order valence-corrected chi connectivity index (χ2v) is 16.7. The molecule has 0 aromatic rings. The summed E-state index contributed by atoms with van der Waals surface area (Å²) < 4.78 is 17.2. The van der Waals surface area contributed by atoms with E-state index in [1.807, 2.05) is 0 Å². The largest absolute Gasteiger partial charge is 0.544 e. The molecule has 0 aliphatic carbocycles. The van der Waals surface area contributed by atoms with Crippen molar-refractivity contribution < 1.29 is 38.2 Å². The molecule has 0 amide bonds. The van der Waals surface area contributed by atoms with Gasteiger partial charge in [-0.2, -0.15) is 0 Å². The molecule has 0 N–H and O–H groups in total. The molecule has 0 saturated heterocycles. The Kier molecular flexibility index (Phi) is 37.7. The van der Waals surface area contributed by atoms with E-state index < -0.39 is 18.1 Å². The molecule has 0 spiro atoms. The first-order chi connectivity index (χ1) is 27.1. The Morgan fingerprint density at radius 2 is 1.00 bits per heavy atom. The molecule has 0 rings (SSSR count). The van der Waals surface area contributed by atoms with Crippen LogP contribution in [0.25, 0.3) is 0 Å². The van der Waals surface area contributed by atoms with Crippen LogP contribution in [0.15, 0.2) is 36.5 Å². The first-order valence-corrected chi connectivity index (χ1v) is 23.0. The molecule has 0 bridgehead atoms. The first-order valence-electron chi connectivity index (χ1n) is 23.0. The van der Waals surface area contributed by atoms with Gasteiger partial charge in [0.1, 0.15) is 12.6 Å². The lowest BCUT2D eigenvalue weighted by molar-refractivity contribution is -0.889. The standard InChI is InChI=1S/C48H87NO7/c1-6-8-10-12-14-16-18-20-22-23-25-26-28-30-32-34-36-38-46(50)55-43-44(42-54-41-40-45(48(52)53)49(3,4)5)56-47(51)39-37-35-33-31-29-27-24-21-19-17-15-13-11-9-7-2/h9,11,13,15,17,19,44-45H,6-8,10,12,14,16,18,20-43H2,1-5H3/b11-9+,15-13+,19-17+. The van der Waals surface area contributed by atoms with Crippen LogP contribution in [-0.4, -0.2) is 75.5 Å².